The van der Waals surface area contributed by atoms with Crippen LogP contribution < -0.4 is 4.74 Å². The van der Waals surface area contributed by atoms with Crippen LogP contribution in [-0.2, 0) is 21.1 Å². The number of hydrogen-bond acceptors (Lipinski definition) is 8. The Morgan fingerprint density at radius 3 is 2.74 bits per heavy atom. The van der Waals surface area contributed by atoms with E-state index < -0.39 is 9.84 Å². The number of rotatable bonds is 7. The van der Waals surface area contributed by atoms with Crippen molar-refractivity contribution in [1.82, 2.24) is 15.0 Å². The Morgan fingerprint density at radius 1 is 1.23 bits per heavy atom. The molecule has 1 aromatic heterocycles. The van der Waals surface area contributed by atoms with Crippen molar-refractivity contribution in [3.8, 4) is 28.6 Å². The van der Waals surface area contributed by atoms with E-state index in [9.17, 15) is 18.3 Å². The number of aliphatic hydroxyl groups is 1. The Kier molecular flexibility index (Phi) is 5.88. The number of nitrogens with zero attached hydrogens (tertiary/aromatic N) is 3. The van der Waals surface area contributed by atoms with Gasteiger partial charge in [-0.15, -0.1) is 0 Å². The molecule has 9 nitrogen and oxygen atoms in total. The number of ether oxygens (including phenoxy) is 1. The zero-order valence-electron chi connectivity index (χ0n) is 19.8. The molecule has 2 heterocycles. The molecule has 0 unspecified atom stereocenters. The topological polar surface area (TPSA) is 123 Å². The monoisotopic (exact) mass is 497 g/mol. The van der Waals surface area contributed by atoms with E-state index >= 15 is 0 Å². The number of β-amino-alcohol motifs (C(OH)–C–C–N with tert-alkyl or cyclic N) is 1. The second-order valence-electron chi connectivity index (χ2n) is 9.32. The van der Waals surface area contributed by atoms with Gasteiger partial charge in [0.15, 0.2) is 9.84 Å². The van der Waals surface area contributed by atoms with E-state index in [-0.39, 0.29) is 47.1 Å². The molecule has 1 N–H and O–H groups in total. The summed E-state index contributed by atoms with van der Waals surface area (Å²) in [6, 6.07) is 10.6. The van der Waals surface area contributed by atoms with Gasteiger partial charge < -0.3 is 19.3 Å². The summed E-state index contributed by atoms with van der Waals surface area (Å²) in [5.41, 5.74) is 3.42. The minimum Gasteiger partial charge on any atom is -0.490 e. The maximum absolute atomic E-state index is 12.4. The van der Waals surface area contributed by atoms with Crippen LogP contribution in [0.4, 0.5) is 0 Å². The maximum atomic E-state index is 12.4. The van der Waals surface area contributed by atoms with Crippen molar-refractivity contribution in [2.24, 2.45) is 5.92 Å². The van der Waals surface area contributed by atoms with Crippen molar-refractivity contribution in [2.45, 2.75) is 43.7 Å². The highest BCUT2D eigenvalue weighted by Crippen LogP contribution is 2.49. The SMILES string of the molecule is CC(C)Oc1ccc(-c2nc(-c3cccc4c3C[C@H]3CC(=O)N(CCO)[C@@H]43)no2)cc1S(C)(=O)=O. The molecule has 35 heavy (non-hydrogen) atoms. The summed E-state index contributed by atoms with van der Waals surface area (Å²) in [6.45, 7) is 3.90. The van der Waals surface area contributed by atoms with Crippen molar-refractivity contribution < 1.29 is 27.6 Å². The highest BCUT2D eigenvalue weighted by molar-refractivity contribution is 7.90. The van der Waals surface area contributed by atoms with Crippen LogP contribution in [-0.4, -0.2) is 60.0 Å². The molecule has 5 rings (SSSR count). The summed E-state index contributed by atoms with van der Waals surface area (Å²) in [4.78, 5) is 18.8. The maximum Gasteiger partial charge on any atom is 0.258 e. The van der Waals surface area contributed by atoms with E-state index in [0.717, 1.165) is 22.9 Å². The van der Waals surface area contributed by atoms with E-state index in [1.807, 2.05) is 32.0 Å². The molecule has 2 atom stereocenters. The number of carbonyl (C=O) groups excluding carboxylic acids is 1. The summed E-state index contributed by atoms with van der Waals surface area (Å²) < 4.78 is 35.9. The number of aliphatic hydroxyl groups excluding tert-OH is 1. The molecule has 1 aliphatic heterocycles. The molecule has 1 saturated heterocycles. The highest BCUT2D eigenvalue weighted by Gasteiger charge is 2.46. The van der Waals surface area contributed by atoms with E-state index in [2.05, 4.69) is 10.1 Å². The van der Waals surface area contributed by atoms with Gasteiger partial charge in [-0.05, 0) is 55.5 Å². The van der Waals surface area contributed by atoms with Crippen LogP contribution in [0.25, 0.3) is 22.8 Å². The van der Waals surface area contributed by atoms with Crippen molar-refractivity contribution in [2.75, 3.05) is 19.4 Å². The van der Waals surface area contributed by atoms with Crippen LogP contribution >= 0.6 is 0 Å². The molecule has 10 heteroatoms. The number of amides is 1. The zero-order valence-corrected chi connectivity index (χ0v) is 20.6. The lowest BCUT2D eigenvalue weighted by Crippen LogP contribution is -2.30. The molecule has 0 bridgehead atoms. The molecule has 1 aliphatic carbocycles. The molecule has 1 fully saturated rings. The first-order valence-electron chi connectivity index (χ1n) is 11.5. The van der Waals surface area contributed by atoms with Crippen LogP contribution in [0.1, 0.15) is 37.4 Å². The lowest BCUT2D eigenvalue weighted by atomic mass is 10.0. The normalized spacial score (nSPS) is 19.3. The Bertz CT molecular complexity index is 1400. The lowest BCUT2D eigenvalue weighted by molar-refractivity contribution is -0.129. The second-order valence-corrected chi connectivity index (χ2v) is 11.3. The molecular formula is C25H27N3O6S. The molecule has 3 aromatic rings. The number of hydrogen-bond donors (Lipinski definition) is 1. The number of carbonyl (C=O) groups is 1. The van der Waals surface area contributed by atoms with Crippen molar-refractivity contribution in [3.63, 3.8) is 0 Å². The fraction of sp³-hybridized carbons (Fsp3) is 0.400. The standard InChI is InChI=1S/C25H27N3O6S/c1-14(2)33-20-8-7-15(12-21(20)35(3,31)32)25-26-24(27-34-25)18-6-4-5-17-19(18)11-16-13-22(30)28(9-10-29)23(16)17/h4-8,12,14,16,23,29H,9-11,13H2,1-3H3/t16-,23+/m0/s1. The number of benzene rings is 2. The summed E-state index contributed by atoms with van der Waals surface area (Å²) in [6.07, 6.45) is 2.12. The average Bonchev–Trinajstić information content (AvgIpc) is 3.48. The van der Waals surface area contributed by atoms with Gasteiger partial charge in [-0.2, -0.15) is 4.98 Å². The predicted molar refractivity (Wildman–Crippen MR) is 127 cm³/mol. The third-order valence-corrected chi connectivity index (χ3v) is 7.62. The highest BCUT2D eigenvalue weighted by atomic mass is 32.2. The first-order valence-corrected chi connectivity index (χ1v) is 13.4. The summed E-state index contributed by atoms with van der Waals surface area (Å²) >= 11 is 0. The number of sulfone groups is 1. The van der Waals surface area contributed by atoms with E-state index in [1.54, 1.807) is 17.0 Å². The number of likely N-dealkylation sites (tertiary alicyclic amines) is 1. The third kappa shape index (κ3) is 4.21. The molecule has 0 spiro atoms. The minimum absolute atomic E-state index is 0.0539. The van der Waals surface area contributed by atoms with Gasteiger partial charge in [0.2, 0.25) is 11.7 Å². The summed E-state index contributed by atoms with van der Waals surface area (Å²) in [7, 11) is -3.55. The van der Waals surface area contributed by atoms with Crippen molar-refractivity contribution in [1.29, 1.82) is 0 Å². The molecule has 0 radical (unpaired) electrons. The molecular weight excluding hydrogens is 470 g/mol. The van der Waals surface area contributed by atoms with Crippen LogP contribution in [0.2, 0.25) is 0 Å². The molecule has 1 amide bonds. The molecule has 2 aromatic carbocycles. The minimum atomic E-state index is -3.55. The van der Waals surface area contributed by atoms with Crippen LogP contribution in [0.3, 0.4) is 0 Å². The molecule has 0 saturated carbocycles. The number of aromatic nitrogens is 2. The van der Waals surface area contributed by atoms with E-state index in [0.29, 0.717) is 30.8 Å². The smallest absolute Gasteiger partial charge is 0.258 e. The zero-order chi connectivity index (χ0) is 24.9. The van der Waals surface area contributed by atoms with Crippen LogP contribution in [0.15, 0.2) is 45.8 Å². The fourth-order valence-corrected chi connectivity index (χ4v) is 5.98. The van der Waals surface area contributed by atoms with Crippen LogP contribution in [0.5, 0.6) is 5.75 Å². The van der Waals surface area contributed by atoms with Gasteiger partial charge in [0, 0.05) is 30.3 Å². The van der Waals surface area contributed by atoms with Gasteiger partial charge in [-0.3, -0.25) is 4.79 Å². The first kappa shape index (κ1) is 23.5. The van der Waals surface area contributed by atoms with Crippen molar-refractivity contribution in [3.05, 3.63) is 47.5 Å². The van der Waals surface area contributed by atoms with E-state index in [1.165, 1.54) is 6.07 Å². The Labute approximate surface area is 203 Å². The Hall–Kier alpha value is -3.24. The third-order valence-electron chi connectivity index (χ3n) is 6.50. The molecule has 2 aliphatic rings. The summed E-state index contributed by atoms with van der Waals surface area (Å²) in [5.74, 6) is 1.11. The van der Waals surface area contributed by atoms with Gasteiger partial charge in [-0.25, -0.2) is 8.42 Å². The lowest BCUT2D eigenvalue weighted by Gasteiger charge is -2.24. The quantitative estimate of drug-likeness (QED) is 0.528. The predicted octanol–water partition coefficient (Wildman–Crippen LogP) is 3.03. The van der Waals surface area contributed by atoms with Gasteiger partial charge in [0.05, 0.1) is 18.8 Å². The van der Waals surface area contributed by atoms with Crippen LogP contribution in [0, 0.1) is 5.92 Å². The van der Waals surface area contributed by atoms with Gasteiger partial charge in [0.25, 0.3) is 5.89 Å². The Morgan fingerprint density at radius 2 is 2.03 bits per heavy atom. The average molecular weight is 498 g/mol. The van der Waals surface area contributed by atoms with Gasteiger partial charge in [0.1, 0.15) is 10.6 Å². The fourth-order valence-electron chi connectivity index (χ4n) is 5.15. The second kappa shape index (κ2) is 8.76. The largest absolute Gasteiger partial charge is 0.490 e. The number of fused-ring (bicyclic) bond motifs is 3. The van der Waals surface area contributed by atoms with E-state index in [4.69, 9.17) is 9.26 Å². The first-order chi connectivity index (χ1) is 16.7. The molecule has 184 valence electrons. The van der Waals surface area contributed by atoms with Crippen molar-refractivity contribution >= 4 is 15.7 Å². The van der Waals surface area contributed by atoms with Gasteiger partial charge >= 0.3 is 0 Å². The summed E-state index contributed by atoms with van der Waals surface area (Å²) in [5, 5.41) is 13.6. The van der Waals surface area contributed by atoms with Gasteiger partial charge in [-0.1, -0.05) is 23.4 Å². The Balaban J connectivity index is 1.50.